The van der Waals surface area contributed by atoms with Crippen molar-refractivity contribution >= 4 is 29.1 Å². The second-order valence-electron chi connectivity index (χ2n) is 11.7. The van der Waals surface area contributed by atoms with Crippen LogP contribution < -0.4 is 10.1 Å². The number of nitrogens with zero attached hydrogens (tertiary/aromatic N) is 3. The molecule has 4 aliphatic rings. The van der Waals surface area contributed by atoms with Gasteiger partial charge >= 0.3 is 0 Å². The van der Waals surface area contributed by atoms with Crippen LogP contribution in [0.5, 0.6) is 5.75 Å². The fourth-order valence-electron chi connectivity index (χ4n) is 6.53. The number of amides is 3. The Bertz CT molecular complexity index is 1290. The first-order chi connectivity index (χ1) is 20.8. The Balaban J connectivity index is 1.28. The Morgan fingerprint density at radius 2 is 1.86 bits per heavy atom. The molecule has 5 heterocycles. The minimum Gasteiger partial charge on any atom is -0.497 e. The number of aliphatic hydroxyl groups is 2. The molecule has 12 nitrogen and oxygen atoms in total. The zero-order valence-electron chi connectivity index (χ0n) is 24.0. The summed E-state index contributed by atoms with van der Waals surface area (Å²) in [6.07, 6.45) is -4.60. The van der Waals surface area contributed by atoms with E-state index in [1.165, 1.54) is 4.90 Å². The number of nitrogens with one attached hydrogen (secondary N) is 1. The van der Waals surface area contributed by atoms with E-state index >= 15 is 0 Å². The molecule has 4 saturated heterocycles. The third-order valence-corrected chi connectivity index (χ3v) is 9.50. The van der Waals surface area contributed by atoms with E-state index in [2.05, 4.69) is 15.6 Å². The molecule has 6 rings (SSSR count). The minimum absolute atomic E-state index is 0.0188. The molecule has 2 aromatic rings. The highest BCUT2D eigenvalue weighted by Crippen LogP contribution is 2.28. The van der Waals surface area contributed by atoms with Crippen molar-refractivity contribution in [1.82, 2.24) is 20.0 Å². The van der Waals surface area contributed by atoms with E-state index in [1.54, 1.807) is 47.6 Å². The Morgan fingerprint density at radius 3 is 2.60 bits per heavy atom. The highest BCUT2D eigenvalue weighted by Gasteiger charge is 2.46. The number of hydrogen-bond donors (Lipinski definition) is 3. The fraction of sp³-hybridized carbons (Fsp3) is 0.567. The SMILES string of the molecule is COc1ccc(C(=O)N2C[C@@H]3CN(CCO3)C(=O)[C@@H]3C[C@@H](CN3Cc3ccsc3)NC(=O)C[C@@H]3O[C@H](C2)[C@@H](O)[C@H]3O)cc1. The molecule has 0 saturated carbocycles. The van der Waals surface area contributed by atoms with Gasteiger partial charge in [-0.1, -0.05) is 0 Å². The Morgan fingerprint density at radius 1 is 1.07 bits per heavy atom. The third-order valence-electron chi connectivity index (χ3n) is 8.77. The first-order valence-corrected chi connectivity index (χ1v) is 15.6. The van der Waals surface area contributed by atoms with Crippen molar-refractivity contribution in [2.24, 2.45) is 0 Å². The number of carbonyl (C=O) groups excluding carboxylic acids is 3. The minimum atomic E-state index is -1.29. The van der Waals surface area contributed by atoms with Crippen molar-refractivity contribution in [3.63, 3.8) is 0 Å². The first kappa shape index (κ1) is 30.0. The maximum atomic E-state index is 14.0. The normalized spacial score (nSPS) is 32.1. The lowest BCUT2D eigenvalue weighted by atomic mass is 10.0. The van der Waals surface area contributed by atoms with Crippen LogP contribution in [0.4, 0.5) is 0 Å². The number of morpholine rings is 1. The molecule has 7 atom stereocenters. The van der Waals surface area contributed by atoms with E-state index in [0.717, 1.165) is 5.56 Å². The maximum Gasteiger partial charge on any atom is 0.254 e. The highest BCUT2D eigenvalue weighted by molar-refractivity contribution is 7.07. The van der Waals surface area contributed by atoms with Gasteiger partial charge in [-0.15, -0.1) is 0 Å². The van der Waals surface area contributed by atoms with Crippen LogP contribution in [-0.4, -0.2) is 132 Å². The van der Waals surface area contributed by atoms with Crippen LogP contribution in [0.3, 0.4) is 0 Å². The van der Waals surface area contributed by atoms with Crippen molar-refractivity contribution < 1.29 is 38.8 Å². The molecule has 6 bridgehead atoms. The van der Waals surface area contributed by atoms with Crippen LogP contribution in [0.2, 0.25) is 0 Å². The predicted octanol–water partition coefficient (Wildman–Crippen LogP) is 0.0785. The lowest BCUT2D eigenvalue weighted by Crippen LogP contribution is -2.55. The van der Waals surface area contributed by atoms with Gasteiger partial charge in [-0.05, 0) is 53.1 Å². The number of likely N-dealkylation sites (tertiary alicyclic amines) is 1. The number of rotatable bonds is 4. The standard InChI is InChI=1S/C30H38N4O8S/c1-40-21-4-2-19(3-5-21)29(38)34-15-22-14-32(7-8-41-22)30(39)23-10-20(13-33(23)12-18-6-9-43-17-18)31-26(35)11-24-27(36)28(37)25(16-34)42-24/h2-6,9,17,20,22-25,27-28,36-37H,7-8,10-16H2,1H3,(H,31,35)/t20-,22-,23-,24-,25+,27-,28+/m0/s1. The number of hydrogen-bond acceptors (Lipinski definition) is 10. The summed E-state index contributed by atoms with van der Waals surface area (Å²) in [4.78, 5) is 46.3. The summed E-state index contributed by atoms with van der Waals surface area (Å²) in [5, 5.41) is 28.8. The lowest BCUT2D eigenvalue weighted by molar-refractivity contribution is -0.144. The molecule has 13 heteroatoms. The molecule has 4 fully saturated rings. The third kappa shape index (κ3) is 6.56. The average Bonchev–Trinajstić information content (AvgIpc) is 3.73. The summed E-state index contributed by atoms with van der Waals surface area (Å²) in [5.41, 5.74) is 1.51. The van der Waals surface area contributed by atoms with Gasteiger partial charge in [0.2, 0.25) is 11.8 Å². The molecule has 43 heavy (non-hydrogen) atoms. The van der Waals surface area contributed by atoms with Crippen LogP contribution >= 0.6 is 11.3 Å². The van der Waals surface area contributed by atoms with E-state index in [1.807, 2.05) is 11.4 Å². The molecule has 3 N–H and O–H groups in total. The van der Waals surface area contributed by atoms with Gasteiger partial charge in [0, 0.05) is 50.9 Å². The predicted molar refractivity (Wildman–Crippen MR) is 156 cm³/mol. The van der Waals surface area contributed by atoms with Gasteiger partial charge in [0.05, 0.1) is 38.4 Å². The first-order valence-electron chi connectivity index (χ1n) is 14.7. The van der Waals surface area contributed by atoms with Gasteiger partial charge in [-0.3, -0.25) is 19.3 Å². The number of carbonyl (C=O) groups is 3. The topological polar surface area (TPSA) is 141 Å². The van der Waals surface area contributed by atoms with E-state index in [-0.39, 0.29) is 43.3 Å². The van der Waals surface area contributed by atoms with Crippen LogP contribution in [0.1, 0.15) is 28.8 Å². The number of fused-ring (bicyclic) bond motifs is 6. The van der Waals surface area contributed by atoms with E-state index in [4.69, 9.17) is 14.2 Å². The average molecular weight is 615 g/mol. The van der Waals surface area contributed by atoms with E-state index < -0.39 is 36.6 Å². The van der Waals surface area contributed by atoms with Crippen LogP contribution in [0.15, 0.2) is 41.1 Å². The lowest BCUT2D eigenvalue weighted by Gasteiger charge is -2.38. The van der Waals surface area contributed by atoms with Crippen molar-refractivity contribution in [3.8, 4) is 5.75 Å². The monoisotopic (exact) mass is 614 g/mol. The molecule has 0 radical (unpaired) electrons. The molecule has 1 aromatic heterocycles. The molecule has 0 aliphatic carbocycles. The van der Waals surface area contributed by atoms with Gasteiger partial charge in [-0.2, -0.15) is 11.3 Å². The summed E-state index contributed by atoms with van der Waals surface area (Å²) >= 11 is 1.60. The zero-order chi connectivity index (χ0) is 30.1. The van der Waals surface area contributed by atoms with Gasteiger partial charge in [0.25, 0.3) is 5.91 Å². The van der Waals surface area contributed by atoms with Gasteiger partial charge in [-0.25, -0.2) is 0 Å². The van der Waals surface area contributed by atoms with Crippen molar-refractivity contribution in [3.05, 3.63) is 52.2 Å². The number of aliphatic hydroxyl groups excluding tert-OH is 2. The van der Waals surface area contributed by atoms with Crippen molar-refractivity contribution in [2.75, 3.05) is 46.4 Å². The molecule has 232 valence electrons. The van der Waals surface area contributed by atoms with Gasteiger partial charge in [0.1, 0.15) is 24.1 Å². The number of thiophene rings is 1. The molecule has 3 amide bonds. The summed E-state index contributed by atoms with van der Waals surface area (Å²) in [5.74, 6) is -0.0528. The number of ether oxygens (including phenoxy) is 3. The maximum absolute atomic E-state index is 14.0. The Labute approximate surface area is 254 Å². The zero-order valence-corrected chi connectivity index (χ0v) is 24.9. The molecule has 1 aromatic carbocycles. The summed E-state index contributed by atoms with van der Waals surface area (Å²) < 4.78 is 17.3. The molecule has 0 spiro atoms. The molecular formula is C30H38N4O8S. The van der Waals surface area contributed by atoms with Crippen LogP contribution in [-0.2, 0) is 25.6 Å². The summed E-state index contributed by atoms with van der Waals surface area (Å²) in [6, 6.07) is 8.06. The van der Waals surface area contributed by atoms with Crippen molar-refractivity contribution in [1.29, 1.82) is 0 Å². The second-order valence-corrected chi connectivity index (χ2v) is 12.5. The number of benzene rings is 1. The van der Waals surface area contributed by atoms with Gasteiger partial charge < -0.3 is 39.5 Å². The number of methoxy groups -OCH3 is 1. The summed E-state index contributed by atoms with van der Waals surface area (Å²) in [6.45, 7) is 2.26. The van der Waals surface area contributed by atoms with E-state index in [9.17, 15) is 24.6 Å². The van der Waals surface area contributed by atoms with Crippen LogP contribution in [0.25, 0.3) is 0 Å². The molecule has 4 aliphatic heterocycles. The fourth-order valence-corrected chi connectivity index (χ4v) is 7.19. The Hall–Kier alpha value is -3.07. The molecule has 0 unspecified atom stereocenters. The Kier molecular flexibility index (Phi) is 8.98. The highest BCUT2D eigenvalue weighted by atomic mass is 32.1. The van der Waals surface area contributed by atoms with Crippen molar-refractivity contribution in [2.45, 2.75) is 62.0 Å². The van der Waals surface area contributed by atoms with Gasteiger partial charge in [0.15, 0.2) is 0 Å². The smallest absolute Gasteiger partial charge is 0.254 e. The second kappa shape index (κ2) is 12.9. The summed E-state index contributed by atoms with van der Waals surface area (Å²) in [7, 11) is 1.55. The molecular weight excluding hydrogens is 576 g/mol. The van der Waals surface area contributed by atoms with Crippen LogP contribution in [0, 0.1) is 0 Å². The largest absolute Gasteiger partial charge is 0.497 e. The quantitative estimate of drug-likeness (QED) is 0.437. The van der Waals surface area contributed by atoms with E-state index in [0.29, 0.717) is 50.5 Å².